The lowest BCUT2D eigenvalue weighted by Crippen LogP contribution is -2.08. The van der Waals surface area contributed by atoms with E-state index in [4.69, 9.17) is 16.7 Å². The van der Waals surface area contributed by atoms with E-state index in [0.717, 1.165) is 6.20 Å². The number of carboxylic acids is 1. The van der Waals surface area contributed by atoms with Crippen LogP contribution in [-0.2, 0) is 17.1 Å². The number of carboxylic acid groups (broad SMARTS) is 1. The lowest BCUT2D eigenvalue weighted by atomic mass is 10.0. The molecule has 6 heteroatoms. The Labute approximate surface area is 96.1 Å². The van der Waals surface area contributed by atoms with Gasteiger partial charge in [-0.05, 0) is 18.1 Å². The molecule has 0 atom stereocenters. The van der Waals surface area contributed by atoms with Crippen LogP contribution >= 0.6 is 11.6 Å². The van der Waals surface area contributed by atoms with Crippen molar-refractivity contribution in [1.82, 2.24) is 4.98 Å². The number of alkyl halides is 3. The Kier molecular flexibility index (Phi) is 4.18. The highest BCUT2D eigenvalue weighted by Crippen LogP contribution is 2.26. The Bertz CT molecular complexity index is 410. The highest BCUT2D eigenvalue weighted by atomic mass is 35.5. The third-order valence-electron chi connectivity index (χ3n) is 2.28. The zero-order valence-corrected chi connectivity index (χ0v) is 9.26. The Balaban J connectivity index is 3.23. The molecule has 0 unspecified atom stereocenters. The molecule has 0 aliphatic heterocycles. The molecule has 1 N–H and O–H groups in total. The standard InChI is InChI=1S/C10H10ClF2NO2/c1-5-6(3-11)8(2-9(15)16)14-4-7(5)10(12)13/h4,10H,2-3H2,1H3,(H,15,16). The van der Waals surface area contributed by atoms with Gasteiger partial charge in [0.15, 0.2) is 0 Å². The zero-order valence-electron chi connectivity index (χ0n) is 8.51. The number of aromatic nitrogens is 1. The van der Waals surface area contributed by atoms with Crippen molar-refractivity contribution in [3.05, 3.63) is 28.6 Å². The number of rotatable bonds is 4. The van der Waals surface area contributed by atoms with Gasteiger partial charge in [-0.25, -0.2) is 8.78 Å². The van der Waals surface area contributed by atoms with Crippen LogP contribution < -0.4 is 0 Å². The summed E-state index contributed by atoms with van der Waals surface area (Å²) in [5, 5.41) is 8.63. The van der Waals surface area contributed by atoms with Gasteiger partial charge in [0.1, 0.15) is 0 Å². The van der Waals surface area contributed by atoms with E-state index in [1.165, 1.54) is 6.92 Å². The van der Waals surface area contributed by atoms with E-state index in [0.29, 0.717) is 11.1 Å². The summed E-state index contributed by atoms with van der Waals surface area (Å²) in [6.07, 6.45) is -1.94. The summed E-state index contributed by atoms with van der Waals surface area (Å²) in [5.74, 6) is -1.09. The summed E-state index contributed by atoms with van der Waals surface area (Å²) in [4.78, 5) is 14.3. The third-order valence-corrected chi connectivity index (χ3v) is 2.55. The van der Waals surface area contributed by atoms with Gasteiger partial charge in [0.05, 0.1) is 12.1 Å². The minimum absolute atomic E-state index is 0.0258. The molecular weight excluding hydrogens is 240 g/mol. The molecule has 0 bridgehead atoms. The lowest BCUT2D eigenvalue weighted by Gasteiger charge is -2.12. The minimum Gasteiger partial charge on any atom is -0.481 e. The smallest absolute Gasteiger partial charge is 0.309 e. The Morgan fingerprint density at radius 1 is 1.62 bits per heavy atom. The Hall–Kier alpha value is -1.23. The van der Waals surface area contributed by atoms with Gasteiger partial charge < -0.3 is 5.11 Å². The summed E-state index contributed by atoms with van der Waals surface area (Å²) < 4.78 is 25.1. The van der Waals surface area contributed by atoms with Crippen molar-refractivity contribution >= 4 is 17.6 Å². The molecule has 0 aliphatic carbocycles. The van der Waals surface area contributed by atoms with Crippen LogP contribution in [0.2, 0.25) is 0 Å². The number of hydrogen-bond donors (Lipinski definition) is 1. The number of hydrogen-bond acceptors (Lipinski definition) is 2. The normalized spacial score (nSPS) is 10.8. The molecule has 0 aromatic carbocycles. The predicted octanol–water partition coefficient (Wildman–Crippen LogP) is 2.69. The molecule has 0 aliphatic rings. The first kappa shape index (κ1) is 12.8. The molecule has 0 saturated heterocycles. The molecule has 16 heavy (non-hydrogen) atoms. The molecule has 3 nitrogen and oxygen atoms in total. The molecular formula is C10H10ClF2NO2. The van der Waals surface area contributed by atoms with E-state index in [2.05, 4.69) is 4.98 Å². The predicted molar refractivity (Wildman–Crippen MR) is 54.8 cm³/mol. The van der Waals surface area contributed by atoms with Crippen LogP contribution in [0.15, 0.2) is 6.20 Å². The van der Waals surface area contributed by atoms with Crippen molar-refractivity contribution in [2.75, 3.05) is 0 Å². The van der Waals surface area contributed by atoms with Gasteiger partial charge in [0, 0.05) is 17.6 Å². The number of nitrogens with zero attached hydrogens (tertiary/aromatic N) is 1. The van der Waals surface area contributed by atoms with Gasteiger partial charge in [-0.3, -0.25) is 9.78 Å². The van der Waals surface area contributed by atoms with Crippen molar-refractivity contribution in [3.63, 3.8) is 0 Å². The van der Waals surface area contributed by atoms with Gasteiger partial charge in [-0.1, -0.05) is 0 Å². The molecule has 88 valence electrons. The molecule has 0 radical (unpaired) electrons. The first-order valence-electron chi connectivity index (χ1n) is 4.50. The first-order chi connectivity index (χ1) is 7.47. The SMILES string of the molecule is Cc1c(C(F)F)cnc(CC(=O)O)c1CCl. The summed E-state index contributed by atoms with van der Waals surface area (Å²) in [6.45, 7) is 1.49. The second kappa shape index (κ2) is 5.21. The van der Waals surface area contributed by atoms with Crippen LogP contribution in [0, 0.1) is 6.92 Å². The minimum atomic E-state index is -2.63. The maximum Gasteiger partial charge on any atom is 0.309 e. The fourth-order valence-corrected chi connectivity index (χ4v) is 1.76. The number of carbonyl (C=O) groups is 1. The number of aliphatic carboxylic acids is 1. The van der Waals surface area contributed by atoms with Crippen LogP contribution in [0.3, 0.4) is 0 Å². The first-order valence-corrected chi connectivity index (χ1v) is 5.04. The second-order valence-electron chi connectivity index (χ2n) is 3.27. The molecule has 1 heterocycles. The molecule has 0 fully saturated rings. The number of halogens is 3. The van der Waals surface area contributed by atoms with Gasteiger partial charge in [0.25, 0.3) is 6.43 Å². The molecule has 1 aromatic rings. The highest BCUT2D eigenvalue weighted by molar-refractivity contribution is 6.17. The quantitative estimate of drug-likeness (QED) is 0.835. The van der Waals surface area contributed by atoms with Crippen molar-refractivity contribution < 1.29 is 18.7 Å². The molecule has 0 spiro atoms. The van der Waals surface area contributed by atoms with E-state index in [1.807, 2.05) is 0 Å². The summed E-state index contributed by atoms with van der Waals surface area (Å²) >= 11 is 5.62. The topological polar surface area (TPSA) is 50.2 Å². The Morgan fingerprint density at radius 2 is 2.25 bits per heavy atom. The molecule has 1 rings (SSSR count). The van der Waals surface area contributed by atoms with Crippen LogP contribution in [0.4, 0.5) is 8.78 Å². The van der Waals surface area contributed by atoms with Crippen LogP contribution in [0.1, 0.15) is 28.8 Å². The van der Waals surface area contributed by atoms with Gasteiger partial charge >= 0.3 is 5.97 Å². The highest BCUT2D eigenvalue weighted by Gasteiger charge is 2.18. The fourth-order valence-electron chi connectivity index (χ4n) is 1.41. The second-order valence-corrected chi connectivity index (χ2v) is 3.54. The monoisotopic (exact) mass is 249 g/mol. The lowest BCUT2D eigenvalue weighted by molar-refractivity contribution is -0.136. The molecule has 1 aromatic heterocycles. The summed E-state index contributed by atoms with van der Waals surface area (Å²) in [6, 6.07) is 0. The van der Waals surface area contributed by atoms with Crippen LogP contribution in [-0.4, -0.2) is 16.1 Å². The maximum absolute atomic E-state index is 12.5. The van der Waals surface area contributed by atoms with E-state index in [-0.39, 0.29) is 23.6 Å². The number of pyridine rings is 1. The average molecular weight is 250 g/mol. The van der Waals surface area contributed by atoms with E-state index >= 15 is 0 Å². The van der Waals surface area contributed by atoms with Crippen molar-refractivity contribution in [2.45, 2.75) is 25.7 Å². The fraction of sp³-hybridized carbons (Fsp3) is 0.400. The van der Waals surface area contributed by atoms with E-state index in [9.17, 15) is 13.6 Å². The molecule has 0 amide bonds. The van der Waals surface area contributed by atoms with Crippen molar-refractivity contribution in [2.24, 2.45) is 0 Å². The largest absolute Gasteiger partial charge is 0.481 e. The maximum atomic E-state index is 12.5. The van der Waals surface area contributed by atoms with Gasteiger partial charge in [0.2, 0.25) is 0 Å². The summed E-state index contributed by atoms with van der Waals surface area (Å²) in [7, 11) is 0. The van der Waals surface area contributed by atoms with Crippen molar-refractivity contribution in [3.8, 4) is 0 Å². The third kappa shape index (κ3) is 2.66. The van der Waals surface area contributed by atoms with Gasteiger partial charge in [-0.2, -0.15) is 0 Å². The summed E-state index contributed by atoms with van der Waals surface area (Å²) in [5.41, 5.74) is 0.729. The molecule has 0 saturated carbocycles. The van der Waals surface area contributed by atoms with E-state index < -0.39 is 12.4 Å². The van der Waals surface area contributed by atoms with Crippen molar-refractivity contribution in [1.29, 1.82) is 0 Å². The van der Waals surface area contributed by atoms with E-state index in [1.54, 1.807) is 0 Å². The zero-order chi connectivity index (χ0) is 12.3. The average Bonchev–Trinajstić information content (AvgIpc) is 2.16. The van der Waals surface area contributed by atoms with Crippen LogP contribution in [0.25, 0.3) is 0 Å². The van der Waals surface area contributed by atoms with Gasteiger partial charge in [-0.15, -0.1) is 11.6 Å². The Morgan fingerprint density at radius 3 is 2.69 bits per heavy atom. The van der Waals surface area contributed by atoms with Crippen LogP contribution in [0.5, 0.6) is 0 Å².